The van der Waals surface area contributed by atoms with Crippen molar-refractivity contribution in [3.05, 3.63) is 70.8 Å². The van der Waals surface area contributed by atoms with Crippen LogP contribution in [-0.2, 0) is 6.54 Å². The Kier molecular flexibility index (Phi) is 4.77. The highest BCUT2D eigenvalue weighted by molar-refractivity contribution is 7.99. The minimum Gasteiger partial charge on any atom is -0.309 e. The topological polar surface area (TPSA) is 76.5 Å². The van der Waals surface area contributed by atoms with Crippen molar-refractivity contribution in [2.24, 2.45) is 0 Å². The number of nitrogens with one attached hydrogen (secondary N) is 1. The minimum absolute atomic E-state index is 0.0690. The van der Waals surface area contributed by atoms with E-state index < -0.39 is 0 Å². The molecule has 27 heavy (non-hydrogen) atoms. The predicted octanol–water partition coefficient (Wildman–Crippen LogP) is 4.05. The van der Waals surface area contributed by atoms with E-state index in [0.29, 0.717) is 16.7 Å². The SMILES string of the molecule is CCn1c(SC(C)c2nc3ccccc3c(=O)[nH]2)nnc1-c1ccccc1. The van der Waals surface area contributed by atoms with Crippen molar-refractivity contribution >= 4 is 22.7 Å². The highest BCUT2D eigenvalue weighted by Gasteiger charge is 2.18. The van der Waals surface area contributed by atoms with Gasteiger partial charge in [0.2, 0.25) is 0 Å². The van der Waals surface area contributed by atoms with Crippen LogP contribution in [0.1, 0.15) is 24.9 Å². The first kappa shape index (κ1) is 17.5. The van der Waals surface area contributed by atoms with Gasteiger partial charge in [-0.25, -0.2) is 4.98 Å². The van der Waals surface area contributed by atoms with Gasteiger partial charge in [-0.15, -0.1) is 10.2 Å². The Bertz CT molecular complexity index is 1140. The molecule has 0 bridgehead atoms. The smallest absolute Gasteiger partial charge is 0.258 e. The number of hydrogen-bond donors (Lipinski definition) is 1. The molecular weight excluding hydrogens is 358 g/mol. The molecule has 2 aromatic heterocycles. The summed E-state index contributed by atoms with van der Waals surface area (Å²) in [5, 5.41) is 10.1. The number of aromatic amines is 1. The maximum atomic E-state index is 12.3. The van der Waals surface area contributed by atoms with Crippen LogP contribution in [0.15, 0.2) is 64.5 Å². The molecule has 1 atom stereocenters. The fraction of sp³-hybridized carbons (Fsp3) is 0.200. The third-order valence-corrected chi connectivity index (χ3v) is 5.45. The standard InChI is InChI=1S/C20H19N5OS/c1-3-25-18(14-9-5-4-6-10-14)23-24-20(25)27-13(2)17-21-16-12-8-7-11-15(16)19(26)22-17/h4-13H,3H2,1-2H3,(H,21,22,26). The second kappa shape index (κ2) is 7.36. The summed E-state index contributed by atoms with van der Waals surface area (Å²) >= 11 is 1.54. The lowest BCUT2D eigenvalue weighted by Crippen LogP contribution is -2.13. The van der Waals surface area contributed by atoms with Gasteiger partial charge in [-0.3, -0.25) is 4.79 Å². The number of H-pyrrole nitrogens is 1. The van der Waals surface area contributed by atoms with E-state index in [9.17, 15) is 4.79 Å². The summed E-state index contributed by atoms with van der Waals surface area (Å²) in [7, 11) is 0. The molecule has 7 heteroatoms. The molecule has 6 nitrogen and oxygen atoms in total. The molecule has 0 amide bonds. The fourth-order valence-electron chi connectivity index (χ4n) is 2.97. The number of aromatic nitrogens is 5. The van der Waals surface area contributed by atoms with Gasteiger partial charge in [0, 0.05) is 12.1 Å². The molecule has 0 aliphatic carbocycles. The zero-order chi connectivity index (χ0) is 18.8. The summed E-state index contributed by atoms with van der Waals surface area (Å²) in [6, 6.07) is 17.4. The van der Waals surface area contributed by atoms with Crippen LogP contribution in [0.5, 0.6) is 0 Å². The molecule has 0 fully saturated rings. The van der Waals surface area contributed by atoms with Gasteiger partial charge >= 0.3 is 0 Å². The summed E-state index contributed by atoms with van der Waals surface area (Å²) in [5.74, 6) is 1.48. The largest absolute Gasteiger partial charge is 0.309 e. The van der Waals surface area contributed by atoms with Gasteiger partial charge in [-0.2, -0.15) is 0 Å². The summed E-state index contributed by atoms with van der Waals surface area (Å²) in [5.41, 5.74) is 1.61. The van der Waals surface area contributed by atoms with E-state index in [-0.39, 0.29) is 10.8 Å². The molecule has 0 aliphatic rings. The third kappa shape index (κ3) is 3.38. The summed E-state index contributed by atoms with van der Waals surface area (Å²) < 4.78 is 2.08. The molecule has 0 spiro atoms. The molecule has 2 aromatic carbocycles. The summed E-state index contributed by atoms with van der Waals surface area (Å²) in [6.45, 7) is 4.84. The van der Waals surface area contributed by atoms with Gasteiger partial charge in [0.05, 0.1) is 16.2 Å². The van der Waals surface area contributed by atoms with E-state index in [1.54, 1.807) is 6.07 Å². The Hall–Kier alpha value is -2.93. The zero-order valence-corrected chi connectivity index (χ0v) is 15.9. The van der Waals surface area contributed by atoms with E-state index in [1.165, 1.54) is 11.8 Å². The molecule has 0 saturated heterocycles. The number of fused-ring (bicyclic) bond motifs is 1. The zero-order valence-electron chi connectivity index (χ0n) is 15.1. The normalized spacial score (nSPS) is 12.4. The van der Waals surface area contributed by atoms with Crippen molar-refractivity contribution in [2.75, 3.05) is 0 Å². The number of nitrogens with zero attached hydrogens (tertiary/aromatic N) is 4. The lowest BCUT2D eigenvalue weighted by molar-refractivity contribution is 0.685. The highest BCUT2D eigenvalue weighted by atomic mass is 32.2. The lowest BCUT2D eigenvalue weighted by atomic mass is 10.2. The number of thioether (sulfide) groups is 1. The maximum absolute atomic E-state index is 12.3. The molecule has 0 saturated carbocycles. The molecule has 0 aliphatic heterocycles. The first-order valence-corrected chi connectivity index (χ1v) is 9.69. The second-order valence-electron chi connectivity index (χ2n) is 6.14. The minimum atomic E-state index is -0.120. The van der Waals surface area contributed by atoms with Crippen LogP contribution in [0.4, 0.5) is 0 Å². The van der Waals surface area contributed by atoms with Crippen molar-refractivity contribution < 1.29 is 0 Å². The van der Waals surface area contributed by atoms with Crippen molar-refractivity contribution in [1.82, 2.24) is 24.7 Å². The van der Waals surface area contributed by atoms with Crippen LogP contribution in [-0.4, -0.2) is 24.7 Å². The summed E-state index contributed by atoms with van der Waals surface area (Å²) in [6.07, 6.45) is 0. The summed E-state index contributed by atoms with van der Waals surface area (Å²) in [4.78, 5) is 19.9. The van der Waals surface area contributed by atoms with E-state index >= 15 is 0 Å². The first-order valence-electron chi connectivity index (χ1n) is 8.81. The number of para-hydroxylation sites is 1. The van der Waals surface area contributed by atoms with Gasteiger partial charge in [0.15, 0.2) is 11.0 Å². The van der Waals surface area contributed by atoms with Crippen molar-refractivity contribution in [1.29, 1.82) is 0 Å². The lowest BCUT2D eigenvalue weighted by Gasteiger charge is -2.12. The molecule has 4 rings (SSSR count). The van der Waals surface area contributed by atoms with Gasteiger partial charge in [-0.1, -0.05) is 54.2 Å². The quantitative estimate of drug-likeness (QED) is 0.531. The van der Waals surface area contributed by atoms with E-state index in [0.717, 1.165) is 23.1 Å². The van der Waals surface area contributed by atoms with Crippen LogP contribution >= 0.6 is 11.8 Å². The van der Waals surface area contributed by atoms with Crippen LogP contribution in [0, 0.1) is 0 Å². The van der Waals surface area contributed by atoms with Crippen molar-refractivity contribution in [2.45, 2.75) is 30.8 Å². The Balaban J connectivity index is 1.67. The third-order valence-electron chi connectivity index (χ3n) is 4.36. The molecule has 2 heterocycles. The average Bonchev–Trinajstić information content (AvgIpc) is 3.11. The number of rotatable bonds is 5. The van der Waals surface area contributed by atoms with Gasteiger partial charge < -0.3 is 9.55 Å². The van der Waals surface area contributed by atoms with Gasteiger partial charge in [0.1, 0.15) is 5.82 Å². The van der Waals surface area contributed by atoms with Gasteiger partial charge in [-0.05, 0) is 26.0 Å². The maximum Gasteiger partial charge on any atom is 0.258 e. The van der Waals surface area contributed by atoms with Crippen LogP contribution in [0.25, 0.3) is 22.3 Å². The molecular formula is C20H19N5OS. The molecule has 136 valence electrons. The predicted molar refractivity (Wildman–Crippen MR) is 108 cm³/mol. The Morgan fingerprint density at radius 3 is 2.59 bits per heavy atom. The van der Waals surface area contributed by atoms with Gasteiger partial charge in [0.25, 0.3) is 5.56 Å². The molecule has 1 N–H and O–H groups in total. The van der Waals surface area contributed by atoms with Crippen molar-refractivity contribution in [3.8, 4) is 11.4 Å². The number of hydrogen-bond acceptors (Lipinski definition) is 5. The molecule has 4 aromatic rings. The fourth-order valence-corrected chi connectivity index (χ4v) is 3.94. The molecule has 1 unspecified atom stereocenters. The second-order valence-corrected chi connectivity index (χ2v) is 7.45. The van der Waals surface area contributed by atoms with Crippen LogP contribution < -0.4 is 5.56 Å². The van der Waals surface area contributed by atoms with Crippen molar-refractivity contribution in [3.63, 3.8) is 0 Å². The monoisotopic (exact) mass is 377 g/mol. The first-order chi connectivity index (χ1) is 13.2. The van der Waals surface area contributed by atoms with Crippen LogP contribution in [0.2, 0.25) is 0 Å². The van der Waals surface area contributed by atoms with E-state index in [4.69, 9.17) is 0 Å². The Morgan fingerprint density at radius 1 is 1.07 bits per heavy atom. The number of benzene rings is 2. The average molecular weight is 377 g/mol. The van der Waals surface area contributed by atoms with Crippen LogP contribution in [0.3, 0.4) is 0 Å². The molecule has 0 radical (unpaired) electrons. The Labute approximate surface area is 160 Å². The Morgan fingerprint density at radius 2 is 1.81 bits per heavy atom. The van der Waals surface area contributed by atoms with E-state index in [1.807, 2.05) is 55.5 Å². The highest BCUT2D eigenvalue weighted by Crippen LogP contribution is 2.33. The van der Waals surface area contributed by atoms with E-state index in [2.05, 4.69) is 31.7 Å².